The van der Waals surface area contributed by atoms with Gasteiger partial charge in [0.15, 0.2) is 5.76 Å². The van der Waals surface area contributed by atoms with Gasteiger partial charge in [-0.15, -0.1) is 0 Å². The summed E-state index contributed by atoms with van der Waals surface area (Å²) in [4.78, 5) is 44.2. The van der Waals surface area contributed by atoms with Gasteiger partial charge in [0.2, 0.25) is 11.8 Å². The molecule has 1 atom stereocenters. The summed E-state index contributed by atoms with van der Waals surface area (Å²) in [6.45, 7) is 4.99. The van der Waals surface area contributed by atoms with Crippen molar-refractivity contribution in [2.45, 2.75) is 32.4 Å². The minimum atomic E-state index is -1.14. The molecule has 1 aromatic carbocycles. The molecule has 0 fully saturated rings. The van der Waals surface area contributed by atoms with E-state index >= 15 is 0 Å². The Morgan fingerprint density at radius 2 is 1.82 bits per heavy atom. The van der Waals surface area contributed by atoms with Crippen molar-refractivity contribution in [3.63, 3.8) is 0 Å². The highest BCUT2D eigenvalue weighted by Gasteiger charge is 2.34. The number of nitrogens with one attached hydrogen (secondary N) is 2. The molecule has 2 heterocycles. The van der Waals surface area contributed by atoms with E-state index in [0.29, 0.717) is 5.56 Å². The molecule has 0 radical (unpaired) electrons. The Labute approximate surface area is 190 Å². The number of hydrogen-bond donors (Lipinski definition) is 2. The Morgan fingerprint density at radius 3 is 2.42 bits per heavy atom. The summed E-state index contributed by atoms with van der Waals surface area (Å²) < 4.78 is 19.1. The Balaban J connectivity index is 2.00. The van der Waals surface area contributed by atoms with Crippen molar-refractivity contribution in [2.24, 2.45) is 0 Å². The van der Waals surface area contributed by atoms with Crippen LogP contribution in [0.25, 0.3) is 0 Å². The third-order valence-electron chi connectivity index (χ3n) is 4.53. The third kappa shape index (κ3) is 6.25. The maximum absolute atomic E-state index is 14.1. The lowest BCUT2D eigenvalue weighted by molar-refractivity contribution is -0.127. The van der Waals surface area contributed by atoms with Crippen molar-refractivity contribution in [3.05, 3.63) is 84.3 Å². The zero-order chi connectivity index (χ0) is 24.0. The SMILES string of the molecule is CC(C)(C)NC(=O)C(c1ccncc1)N(C(=O)CNC(=O)c1ccco1)c1cccc(F)c1. The van der Waals surface area contributed by atoms with E-state index in [1.807, 2.05) is 20.8 Å². The van der Waals surface area contributed by atoms with Crippen LogP contribution in [-0.4, -0.2) is 34.8 Å². The molecule has 2 aromatic heterocycles. The predicted octanol–water partition coefficient (Wildman–Crippen LogP) is 3.23. The maximum Gasteiger partial charge on any atom is 0.287 e. The number of anilines is 1. The zero-order valence-corrected chi connectivity index (χ0v) is 18.5. The summed E-state index contributed by atoms with van der Waals surface area (Å²) in [7, 11) is 0. The standard InChI is InChI=1S/C24H25FN4O4/c1-24(2,3)28-23(32)21(16-9-11-26-12-10-16)29(18-7-4-6-17(25)14-18)20(30)15-27-22(31)19-8-5-13-33-19/h4-14,21H,15H2,1-3H3,(H,27,31)(H,28,32). The van der Waals surface area contributed by atoms with Crippen molar-refractivity contribution >= 4 is 23.4 Å². The highest BCUT2D eigenvalue weighted by atomic mass is 19.1. The van der Waals surface area contributed by atoms with E-state index in [1.54, 1.807) is 18.2 Å². The first-order valence-corrected chi connectivity index (χ1v) is 10.3. The number of carbonyl (C=O) groups is 3. The second-order valence-electron chi connectivity index (χ2n) is 8.33. The van der Waals surface area contributed by atoms with E-state index in [-0.39, 0.29) is 11.4 Å². The average Bonchev–Trinajstić information content (AvgIpc) is 3.30. The van der Waals surface area contributed by atoms with E-state index in [1.165, 1.54) is 47.8 Å². The van der Waals surface area contributed by atoms with Crippen LogP contribution < -0.4 is 15.5 Å². The molecule has 0 aliphatic carbocycles. The van der Waals surface area contributed by atoms with Crippen molar-refractivity contribution in [3.8, 4) is 0 Å². The molecular weight excluding hydrogens is 427 g/mol. The van der Waals surface area contributed by atoms with Gasteiger partial charge in [-0.1, -0.05) is 6.07 Å². The molecule has 2 N–H and O–H groups in total. The molecule has 3 aromatic rings. The van der Waals surface area contributed by atoms with Gasteiger partial charge in [-0.05, 0) is 68.8 Å². The molecule has 172 valence electrons. The van der Waals surface area contributed by atoms with Crippen LogP contribution in [0, 0.1) is 5.82 Å². The van der Waals surface area contributed by atoms with Gasteiger partial charge in [-0.3, -0.25) is 24.3 Å². The second-order valence-corrected chi connectivity index (χ2v) is 8.33. The normalized spacial score (nSPS) is 12.0. The molecule has 9 heteroatoms. The molecule has 8 nitrogen and oxygen atoms in total. The third-order valence-corrected chi connectivity index (χ3v) is 4.53. The fourth-order valence-electron chi connectivity index (χ4n) is 3.20. The van der Waals surface area contributed by atoms with Gasteiger partial charge in [0.1, 0.15) is 11.9 Å². The van der Waals surface area contributed by atoms with Gasteiger partial charge < -0.3 is 15.1 Å². The van der Waals surface area contributed by atoms with Crippen LogP contribution in [0.3, 0.4) is 0 Å². The van der Waals surface area contributed by atoms with Gasteiger partial charge in [-0.2, -0.15) is 0 Å². The molecule has 0 aliphatic heterocycles. The molecule has 1 unspecified atom stereocenters. The van der Waals surface area contributed by atoms with Crippen LogP contribution >= 0.6 is 0 Å². The number of hydrogen-bond acceptors (Lipinski definition) is 5. The Morgan fingerprint density at radius 1 is 1.09 bits per heavy atom. The molecular formula is C24H25FN4O4. The molecule has 0 aliphatic rings. The topological polar surface area (TPSA) is 105 Å². The van der Waals surface area contributed by atoms with E-state index in [9.17, 15) is 18.8 Å². The van der Waals surface area contributed by atoms with Gasteiger partial charge >= 0.3 is 0 Å². The molecule has 0 saturated carbocycles. The summed E-state index contributed by atoms with van der Waals surface area (Å²) >= 11 is 0. The summed E-state index contributed by atoms with van der Waals surface area (Å²) in [6.07, 6.45) is 4.34. The first kappa shape index (κ1) is 23.6. The summed E-state index contributed by atoms with van der Waals surface area (Å²) in [5.41, 5.74) is 0.0480. The van der Waals surface area contributed by atoms with Crippen LogP contribution in [0.5, 0.6) is 0 Å². The highest BCUT2D eigenvalue weighted by molar-refractivity contribution is 6.04. The first-order valence-electron chi connectivity index (χ1n) is 10.3. The number of rotatable bonds is 7. The minimum Gasteiger partial charge on any atom is -0.459 e. The lowest BCUT2D eigenvalue weighted by Gasteiger charge is -2.33. The Bertz CT molecular complexity index is 1110. The summed E-state index contributed by atoms with van der Waals surface area (Å²) in [6, 6.07) is 10.4. The van der Waals surface area contributed by atoms with Crippen molar-refractivity contribution in [1.82, 2.24) is 15.6 Å². The maximum atomic E-state index is 14.1. The second kappa shape index (κ2) is 10.1. The number of carbonyl (C=O) groups excluding carboxylic acids is 3. The molecule has 0 saturated heterocycles. The molecule has 0 bridgehead atoms. The number of nitrogens with zero attached hydrogens (tertiary/aromatic N) is 2. The van der Waals surface area contributed by atoms with Crippen LogP contribution in [0.2, 0.25) is 0 Å². The smallest absolute Gasteiger partial charge is 0.287 e. The van der Waals surface area contributed by atoms with Crippen molar-refractivity contribution < 1.29 is 23.2 Å². The fourth-order valence-corrected chi connectivity index (χ4v) is 3.20. The number of furan rings is 1. The summed E-state index contributed by atoms with van der Waals surface area (Å²) in [5, 5.41) is 5.36. The zero-order valence-electron chi connectivity index (χ0n) is 18.5. The number of amides is 3. The number of aromatic nitrogens is 1. The number of benzene rings is 1. The Kier molecular flexibility index (Phi) is 7.22. The lowest BCUT2D eigenvalue weighted by atomic mass is 10.0. The largest absolute Gasteiger partial charge is 0.459 e. The van der Waals surface area contributed by atoms with Crippen LogP contribution in [0.15, 0.2) is 71.6 Å². The van der Waals surface area contributed by atoms with Crippen LogP contribution in [0.1, 0.15) is 42.9 Å². The van der Waals surface area contributed by atoms with Gasteiger partial charge in [0, 0.05) is 23.6 Å². The van der Waals surface area contributed by atoms with Crippen LogP contribution in [0.4, 0.5) is 10.1 Å². The Hall–Kier alpha value is -4.01. The first-order chi connectivity index (χ1) is 15.7. The van der Waals surface area contributed by atoms with Gasteiger partial charge in [0.05, 0.1) is 12.8 Å². The predicted molar refractivity (Wildman–Crippen MR) is 120 cm³/mol. The minimum absolute atomic E-state index is 0.0382. The quantitative estimate of drug-likeness (QED) is 0.573. The fraction of sp³-hybridized carbons (Fsp3) is 0.250. The van der Waals surface area contributed by atoms with Crippen LogP contribution in [-0.2, 0) is 9.59 Å². The van der Waals surface area contributed by atoms with E-state index in [4.69, 9.17) is 4.42 Å². The molecule has 0 spiro atoms. The van der Waals surface area contributed by atoms with Gasteiger partial charge in [0.25, 0.3) is 5.91 Å². The average molecular weight is 452 g/mol. The van der Waals surface area contributed by atoms with Crippen molar-refractivity contribution in [1.29, 1.82) is 0 Å². The van der Waals surface area contributed by atoms with Gasteiger partial charge in [-0.25, -0.2) is 4.39 Å². The lowest BCUT2D eigenvalue weighted by Crippen LogP contribution is -2.51. The monoisotopic (exact) mass is 452 g/mol. The molecule has 3 amide bonds. The highest BCUT2D eigenvalue weighted by Crippen LogP contribution is 2.29. The molecule has 3 rings (SSSR count). The molecule has 33 heavy (non-hydrogen) atoms. The number of pyridine rings is 1. The van der Waals surface area contributed by atoms with E-state index in [0.717, 1.165) is 6.07 Å². The van der Waals surface area contributed by atoms with Crippen molar-refractivity contribution in [2.75, 3.05) is 11.4 Å². The number of halogens is 1. The van der Waals surface area contributed by atoms with E-state index in [2.05, 4.69) is 15.6 Å². The summed E-state index contributed by atoms with van der Waals surface area (Å²) in [5.74, 6) is -2.21. The van der Waals surface area contributed by atoms with E-state index < -0.39 is 41.7 Å².